The fourth-order valence-electron chi connectivity index (χ4n) is 2.70. The molecule has 1 amide bonds. The standard InChI is InChI=1S/C22H22N2O/c1-3-17-9-14-21(23-15-17)19-10-12-20(13-11-19)22(25)24-16(2)18-7-5-4-6-8-18/h4-16H,3H2,1-2H3,(H,24,25). The lowest BCUT2D eigenvalue weighted by Gasteiger charge is -2.14. The summed E-state index contributed by atoms with van der Waals surface area (Å²) in [6.07, 6.45) is 2.88. The van der Waals surface area contributed by atoms with Crippen molar-refractivity contribution in [2.24, 2.45) is 0 Å². The summed E-state index contributed by atoms with van der Waals surface area (Å²) < 4.78 is 0. The van der Waals surface area contributed by atoms with Crippen LogP contribution in [0.1, 0.15) is 41.4 Å². The molecule has 25 heavy (non-hydrogen) atoms. The summed E-state index contributed by atoms with van der Waals surface area (Å²) in [6.45, 7) is 4.10. The quantitative estimate of drug-likeness (QED) is 0.730. The SMILES string of the molecule is CCc1ccc(-c2ccc(C(=O)NC(C)c3ccccc3)cc2)nc1. The Hall–Kier alpha value is -2.94. The number of carbonyl (C=O) groups excluding carboxylic acids is 1. The van der Waals surface area contributed by atoms with Gasteiger partial charge in [-0.15, -0.1) is 0 Å². The highest BCUT2D eigenvalue weighted by atomic mass is 16.1. The highest BCUT2D eigenvalue weighted by Gasteiger charge is 2.11. The third-order valence-electron chi connectivity index (χ3n) is 4.32. The molecule has 1 heterocycles. The van der Waals surface area contributed by atoms with Crippen LogP contribution in [0.2, 0.25) is 0 Å². The van der Waals surface area contributed by atoms with Crippen molar-refractivity contribution in [3.8, 4) is 11.3 Å². The predicted molar refractivity (Wildman–Crippen MR) is 101 cm³/mol. The van der Waals surface area contributed by atoms with Gasteiger partial charge in [-0.1, -0.05) is 55.5 Å². The molecule has 3 nitrogen and oxygen atoms in total. The summed E-state index contributed by atoms with van der Waals surface area (Å²) in [5, 5.41) is 3.03. The van der Waals surface area contributed by atoms with E-state index in [-0.39, 0.29) is 11.9 Å². The monoisotopic (exact) mass is 330 g/mol. The summed E-state index contributed by atoms with van der Waals surface area (Å²) in [4.78, 5) is 16.9. The normalized spacial score (nSPS) is 11.8. The molecule has 2 aromatic carbocycles. The van der Waals surface area contributed by atoms with E-state index < -0.39 is 0 Å². The van der Waals surface area contributed by atoms with E-state index in [2.05, 4.69) is 23.3 Å². The Balaban J connectivity index is 1.70. The molecule has 3 rings (SSSR count). The fourth-order valence-corrected chi connectivity index (χ4v) is 2.70. The molecule has 3 heteroatoms. The van der Waals surface area contributed by atoms with Gasteiger partial charge in [0.1, 0.15) is 0 Å². The molecular weight excluding hydrogens is 308 g/mol. The smallest absolute Gasteiger partial charge is 0.251 e. The van der Waals surface area contributed by atoms with Crippen LogP contribution in [0.25, 0.3) is 11.3 Å². The number of hydrogen-bond donors (Lipinski definition) is 1. The van der Waals surface area contributed by atoms with E-state index in [1.54, 1.807) is 0 Å². The molecular formula is C22H22N2O. The van der Waals surface area contributed by atoms with Gasteiger partial charge in [-0.05, 0) is 42.7 Å². The number of aryl methyl sites for hydroxylation is 1. The van der Waals surface area contributed by atoms with E-state index in [9.17, 15) is 4.79 Å². The first-order chi connectivity index (χ1) is 12.2. The molecule has 1 unspecified atom stereocenters. The Morgan fingerprint density at radius 3 is 2.32 bits per heavy atom. The van der Waals surface area contributed by atoms with Crippen LogP contribution in [0.15, 0.2) is 72.9 Å². The van der Waals surface area contributed by atoms with Crippen molar-refractivity contribution in [1.29, 1.82) is 0 Å². The van der Waals surface area contributed by atoms with E-state index in [1.807, 2.05) is 73.8 Å². The van der Waals surface area contributed by atoms with Crippen molar-refractivity contribution in [2.75, 3.05) is 0 Å². The van der Waals surface area contributed by atoms with E-state index in [0.29, 0.717) is 5.56 Å². The third-order valence-corrected chi connectivity index (χ3v) is 4.32. The summed E-state index contributed by atoms with van der Waals surface area (Å²) in [5.74, 6) is -0.0720. The van der Waals surface area contributed by atoms with Crippen LogP contribution < -0.4 is 5.32 Å². The van der Waals surface area contributed by atoms with Crippen LogP contribution in [0.5, 0.6) is 0 Å². The second-order valence-electron chi connectivity index (χ2n) is 6.09. The molecule has 0 fully saturated rings. The molecule has 1 atom stereocenters. The van der Waals surface area contributed by atoms with Crippen LogP contribution in [0.3, 0.4) is 0 Å². The van der Waals surface area contributed by atoms with Gasteiger partial charge in [0.05, 0.1) is 11.7 Å². The lowest BCUT2D eigenvalue weighted by Crippen LogP contribution is -2.26. The van der Waals surface area contributed by atoms with Crippen molar-refractivity contribution in [3.05, 3.63) is 89.6 Å². The third kappa shape index (κ3) is 4.13. The minimum Gasteiger partial charge on any atom is -0.346 e. The number of carbonyl (C=O) groups is 1. The highest BCUT2D eigenvalue weighted by Crippen LogP contribution is 2.19. The number of amides is 1. The molecule has 0 aliphatic rings. The maximum atomic E-state index is 12.4. The van der Waals surface area contributed by atoms with Gasteiger partial charge < -0.3 is 5.32 Å². The molecule has 126 valence electrons. The summed E-state index contributed by atoms with van der Waals surface area (Å²) in [7, 11) is 0. The summed E-state index contributed by atoms with van der Waals surface area (Å²) in [5.41, 5.74) is 4.89. The minimum atomic E-state index is -0.0720. The molecule has 3 aromatic rings. The number of aromatic nitrogens is 1. The van der Waals surface area contributed by atoms with Gasteiger partial charge in [0.2, 0.25) is 0 Å². The van der Waals surface area contributed by atoms with Gasteiger partial charge in [-0.2, -0.15) is 0 Å². The van der Waals surface area contributed by atoms with E-state index in [4.69, 9.17) is 0 Å². The Morgan fingerprint density at radius 2 is 1.72 bits per heavy atom. The first-order valence-corrected chi connectivity index (χ1v) is 8.58. The zero-order valence-electron chi connectivity index (χ0n) is 14.6. The molecule has 0 radical (unpaired) electrons. The second-order valence-corrected chi connectivity index (χ2v) is 6.09. The van der Waals surface area contributed by atoms with Crippen LogP contribution in [0, 0.1) is 0 Å². The number of hydrogen-bond acceptors (Lipinski definition) is 2. The summed E-state index contributed by atoms with van der Waals surface area (Å²) >= 11 is 0. The molecule has 0 spiro atoms. The van der Waals surface area contributed by atoms with E-state index >= 15 is 0 Å². The lowest BCUT2D eigenvalue weighted by molar-refractivity contribution is 0.0940. The molecule has 0 saturated heterocycles. The Morgan fingerprint density at radius 1 is 1.00 bits per heavy atom. The van der Waals surface area contributed by atoms with Crippen molar-refractivity contribution >= 4 is 5.91 Å². The average Bonchev–Trinajstić information content (AvgIpc) is 2.69. The predicted octanol–water partition coefficient (Wildman–Crippen LogP) is 4.80. The van der Waals surface area contributed by atoms with E-state index in [0.717, 1.165) is 23.2 Å². The first-order valence-electron chi connectivity index (χ1n) is 8.58. The zero-order valence-corrected chi connectivity index (χ0v) is 14.6. The maximum absolute atomic E-state index is 12.4. The Bertz CT molecular complexity index is 824. The maximum Gasteiger partial charge on any atom is 0.251 e. The van der Waals surface area contributed by atoms with Crippen molar-refractivity contribution in [1.82, 2.24) is 10.3 Å². The average molecular weight is 330 g/mol. The lowest BCUT2D eigenvalue weighted by atomic mass is 10.1. The van der Waals surface area contributed by atoms with Crippen LogP contribution in [0.4, 0.5) is 0 Å². The van der Waals surface area contributed by atoms with Crippen molar-refractivity contribution in [2.45, 2.75) is 26.3 Å². The number of nitrogens with zero attached hydrogens (tertiary/aromatic N) is 1. The largest absolute Gasteiger partial charge is 0.346 e. The fraction of sp³-hybridized carbons (Fsp3) is 0.182. The molecule has 0 aliphatic heterocycles. The second kappa shape index (κ2) is 7.75. The number of pyridine rings is 1. The van der Waals surface area contributed by atoms with Crippen molar-refractivity contribution in [3.63, 3.8) is 0 Å². The number of nitrogens with one attached hydrogen (secondary N) is 1. The van der Waals surface area contributed by atoms with Gasteiger partial charge in [0.15, 0.2) is 0 Å². The molecule has 0 aliphatic carbocycles. The Kier molecular flexibility index (Phi) is 5.24. The molecule has 0 bridgehead atoms. The van der Waals surface area contributed by atoms with Crippen LogP contribution in [-0.2, 0) is 6.42 Å². The minimum absolute atomic E-state index is 0.0309. The zero-order chi connectivity index (χ0) is 17.6. The number of rotatable bonds is 5. The van der Waals surface area contributed by atoms with Gasteiger partial charge >= 0.3 is 0 Å². The highest BCUT2D eigenvalue weighted by molar-refractivity contribution is 5.94. The van der Waals surface area contributed by atoms with Gasteiger partial charge in [-0.25, -0.2) is 0 Å². The molecule has 1 N–H and O–H groups in total. The first kappa shape index (κ1) is 16.9. The van der Waals surface area contributed by atoms with Gasteiger partial charge in [0, 0.05) is 17.3 Å². The molecule has 0 saturated carbocycles. The van der Waals surface area contributed by atoms with Gasteiger partial charge in [-0.3, -0.25) is 9.78 Å². The topological polar surface area (TPSA) is 42.0 Å². The van der Waals surface area contributed by atoms with Crippen LogP contribution >= 0.6 is 0 Å². The van der Waals surface area contributed by atoms with Crippen LogP contribution in [-0.4, -0.2) is 10.9 Å². The molecule has 1 aromatic heterocycles. The Labute approximate surface area is 148 Å². The van der Waals surface area contributed by atoms with E-state index in [1.165, 1.54) is 5.56 Å². The summed E-state index contributed by atoms with van der Waals surface area (Å²) in [6, 6.07) is 21.6. The number of benzene rings is 2. The van der Waals surface area contributed by atoms with Gasteiger partial charge in [0.25, 0.3) is 5.91 Å². The van der Waals surface area contributed by atoms with Crippen molar-refractivity contribution < 1.29 is 4.79 Å².